The van der Waals surface area contributed by atoms with E-state index in [0.717, 1.165) is 10.4 Å². The van der Waals surface area contributed by atoms with Crippen LogP contribution < -0.4 is 5.32 Å². The smallest absolute Gasteiger partial charge is 0.323 e. The van der Waals surface area contributed by atoms with Gasteiger partial charge in [0.05, 0.1) is 5.52 Å². The van der Waals surface area contributed by atoms with Crippen molar-refractivity contribution in [1.29, 1.82) is 0 Å². The number of aromatic nitrogens is 2. The van der Waals surface area contributed by atoms with Crippen LogP contribution in [0.2, 0.25) is 0 Å². The molecule has 2 amide bonds. The number of aliphatic carboxylic acids is 1. The molecule has 8 heteroatoms. The lowest BCUT2D eigenvalue weighted by atomic mass is 10.2. The Morgan fingerprint density at radius 3 is 2.77 bits per heavy atom. The van der Waals surface area contributed by atoms with Crippen molar-refractivity contribution < 1.29 is 19.5 Å². The molecule has 3 N–H and O–H groups in total. The molecular formula is C14H16N4O4. The van der Waals surface area contributed by atoms with Crippen molar-refractivity contribution in [2.75, 3.05) is 20.1 Å². The van der Waals surface area contributed by atoms with Gasteiger partial charge in [0.2, 0.25) is 5.91 Å². The zero-order chi connectivity index (χ0) is 16.1. The Balaban J connectivity index is 1.88. The molecule has 0 bridgehead atoms. The highest BCUT2D eigenvalue weighted by atomic mass is 16.4. The molecule has 1 aromatic heterocycles. The number of nitrogens with zero attached hydrogens (tertiary/aromatic N) is 2. The molecule has 0 fully saturated rings. The van der Waals surface area contributed by atoms with Crippen LogP contribution in [0.15, 0.2) is 24.3 Å². The van der Waals surface area contributed by atoms with Crippen LogP contribution in [0.3, 0.4) is 0 Å². The van der Waals surface area contributed by atoms with Crippen LogP contribution >= 0.6 is 0 Å². The van der Waals surface area contributed by atoms with Gasteiger partial charge in [0, 0.05) is 25.4 Å². The number of carboxylic acids is 1. The predicted molar refractivity (Wildman–Crippen MR) is 78.3 cm³/mol. The van der Waals surface area contributed by atoms with Gasteiger partial charge in [-0.15, -0.1) is 0 Å². The highest BCUT2D eigenvalue weighted by Crippen LogP contribution is 2.14. The number of nitrogens with one attached hydrogen (secondary N) is 2. The maximum atomic E-state index is 12.0. The third-order valence-corrected chi connectivity index (χ3v) is 3.11. The summed E-state index contributed by atoms with van der Waals surface area (Å²) in [6.45, 7) is -0.250. The lowest BCUT2D eigenvalue weighted by Gasteiger charge is -2.14. The van der Waals surface area contributed by atoms with Gasteiger partial charge in [-0.1, -0.05) is 18.2 Å². The molecule has 8 nitrogen and oxygen atoms in total. The van der Waals surface area contributed by atoms with E-state index in [1.165, 1.54) is 7.05 Å². The van der Waals surface area contributed by atoms with Gasteiger partial charge < -0.3 is 15.3 Å². The topological polar surface area (TPSA) is 115 Å². The van der Waals surface area contributed by atoms with Gasteiger partial charge in [-0.25, -0.2) is 0 Å². The molecule has 0 aliphatic carbocycles. The van der Waals surface area contributed by atoms with E-state index >= 15 is 0 Å². The second-order valence-electron chi connectivity index (χ2n) is 4.77. The average molecular weight is 304 g/mol. The molecule has 0 aliphatic heterocycles. The number of hydrogen-bond acceptors (Lipinski definition) is 4. The number of carboxylic acid groups (broad SMARTS) is 1. The van der Waals surface area contributed by atoms with Gasteiger partial charge in [0.1, 0.15) is 6.54 Å². The Morgan fingerprint density at radius 1 is 1.32 bits per heavy atom. The third-order valence-electron chi connectivity index (χ3n) is 3.11. The summed E-state index contributed by atoms with van der Waals surface area (Å²) in [5.74, 6) is -1.82. The zero-order valence-electron chi connectivity index (χ0n) is 12.0. The van der Waals surface area contributed by atoms with Crippen molar-refractivity contribution >= 4 is 28.7 Å². The van der Waals surface area contributed by atoms with Gasteiger partial charge in [0.25, 0.3) is 5.91 Å². The number of amides is 2. The highest BCUT2D eigenvalue weighted by Gasteiger charge is 2.15. The summed E-state index contributed by atoms with van der Waals surface area (Å²) in [7, 11) is 1.40. The summed E-state index contributed by atoms with van der Waals surface area (Å²) >= 11 is 0. The molecule has 1 heterocycles. The summed E-state index contributed by atoms with van der Waals surface area (Å²) in [5.41, 5.74) is 1.02. The normalized spacial score (nSPS) is 10.4. The third kappa shape index (κ3) is 3.60. The fourth-order valence-corrected chi connectivity index (χ4v) is 1.99. The van der Waals surface area contributed by atoms with Crippen molar-refractivity contribution in [3.8, 4) is 0 Å². The fourth-order valence-electron chi connectivity index (χ4n) is 1.99. The Bertz CT molecular complexity index is 710. The first-order valence-corrected chi connectivity index (χ1v) is 6.66. The first-order chi connectivity index (χ1) is 10.5. The minimum atomic E-state index is -1.08. The Kier molecular flexibility index (Phi) is 4.72. The predicted octanol–water partition coefficient (Wildman–Crippen LogP) is 0.226. The van der Waals surface area contributed by atoms with Crippen LogP contribution in [-0.2, 0) is 9.59 Å². The van der Waals surface area contributed by atoms with Crippen molar-refractivity contribution in [1.82, 2.24) is 20.4 Å². The molecule has 0 radical (unpaired) electrons. The van der Waals surface area contributed by atoms with Gasteiger partial charge in [0.15, 0.2) is 5.69 Å². The second kappa shape index (κ2) is 6.70. The van der Waals surface area contributed by atoms with Crippen LogP contribution in [0.5, 0.6) is 0 Å². The number of hydrogen-bond donors (Lipinski definition) is 3. The molecule has 0 saturated carbocycles. The van der Waals surface area contributed by atoms with E-state index in [2.05, 4.69) is 15.5 Å². The Morgan fingerprint density at radius 2 is 2.05 bits per heavy atom. The molecule has 116 valence electrons. The number of aromatic amines is 1. The Labute approximate surface area is 126 Å². The van der Waals surface area contributed by atoms with Crippen molar-refractivity contribution in [3.63, 3.8) is 0 Å². The zero-order valence-corrected chi connectivity index (χ0v) is 12.0. The highest BCUT2D eigenvalue weighted by molar-refractivity contribution is 6.04. The van der Waals surface area contributed by atoms with Crippen LogP contribution in [0.4, 0.5) is 0 Å². The number of H-pyrrole nitrogens is 1. The second-order valence-corrected chi connectivity index (χ2v) is 4.77. The molecular weight excluding hydrogens is 288 g/mol. The van der Waals surface area contributed by atoms with Crippen molar-refractivity contribution in [2.45, 2.75) is 6.42 Å². The number of benzene rings is 1. The number of rotatable bonds is 6. The fraction of sp³-hybridized carbons (Fsp3) is 0.286. The van der Waals surface area contributed by atoms with E-state index in [-0.39, 0.29) is 37.0 Å². The number of para-hydroxylation sites is 1. The standard InChI is InChI=1S/C14H16N4O4/c1-18(8-12(20)21)11(19)6-7-15-14(22)13-9-4-2-3-5-10(9)16-17-13/h2-5H,6-8H2,1H3,(H,15,22)(H,16,17)(H,20,21). The molecule has 2 rings (SSSR count). The number of likely N-dealkylation sites (N-methyl/N-ethyl adjacent to an activating group) is 1. The minimum Gasteiger partial charge on any atom is -0.480 e. The van der Waals surface area contributed by atoms with Gasteiger partial charge >= 0.3 is 5.97 Å². The lowest BCUT2D eigenvalue weighted by Crippen LogP contribution is -2.35. The number of carbonyl (C=O) groups is 3. The average Bonchev–Trinajstić information content (AvgIpc) is 2.90. The molecule has 0 spiro atoms. The van der Waals surface area contributed by atoms with E-state index in [4.69, 9.17) is 5.11 Å². The SMILES string of the molecule is CN(CC(=O)O)C(=O)CCNC(=O)c1n[nH]c2ccccc12. The summed E-state index contributed by atoms with van der Waals surface area (Å²) in [5, 5.41) is 18.6. The monoisotopic (exact) mass is 304 g/mol. The summed E-state index contributed by atoms with van der Waals surface area (Å²) in [6, 6.07) is 7.22. The molecule has 1 aromatic carbocycles. The number of carbonyl (C=O) groups excluding carboxylic acids is 2. The molecule has 2 aromatic rings. The lowest BCUT2D eigenvalue weighted by molar-refractivity contribution is -0.143. The number of fused-ring (bicyclic) bond motifs is 1. The van der Waals surface area contributed by atoms with E-state index in [0.29, 0.717) is 5.39 Å². The van der Waals surface area contributed by atoms with E-state index in [1.807, 2.05) is 12.1 Å². The summed E-state index contributed by atoms with van der Waals surface area (Å²) in [6.07, 6.45) is 0.0257. The molecule has 0 aliphatic rings. The van der Waals surface area contributed by atoms with E-state index in [1.54, 1.807) is 12.1 Å². The van der Waals surface area contributed by atoms with Gasteiger partial charge in [-0.3, -0.25) is 19.5 Å². The first-order valence-electron chi connectivity index (χ1n) is 6.66. The van der Waals surface area contributed by atoms with Crippen LogP contribution in [-0.4, -0.2) is 58.1 Å². The first kappa shape index (κ1) is 15.5. The quantitative estimate of drug-likeness (QED) is 0.706. The van der Waals surface area contributed by atoms with Crippen LogP contribution in [0, 0.1) is 0 Å². The van der Waals surface area contributed by atoms with E-state index < -0.39 is 5.97 Å². The van der Waals surface area contributed by atoms with Gasteiger partial charge in [-0.05, 0) is 6.07 Å². The molecule has 0 atom stereocenters. The van der Waals surface area contributed by atoms with E-state index in [9.17, 15) is 14.4 Å². The van der Waals surface area contributed by atoms with Crippen LogP contribution in [0.25, 0.3) is 10.9 Å². The summed E-state index contributed by atoms with van der Waals surface area (Å²) < 4.78 is 0. The maximum absolute atomic E-state index is 12.0. The maximum Gasteiger partial charge on any atom is 0.323 e. The minimum absolute atomic E-state index is 0.0257. The van der Waals surface area contributed by atoms with Crippen LogP contribution in [0.1, 0.15) is 16.9 Å². The molecule has 22 heavy (non-hydrogen) atoms. The largest absolute Gasteiger partial charge is 0.480 e. The summed E-state index contributed by atoms with van der Waals surface area (Å²) in [4.78, 5) is 35.3. The van der Waals surface area contributed by atoms with Crippen molar-refractivity contribution in [2.24, 2.45) is 0 Å². The Hall–Kier alpha value is -2.90. The molecule has 0 unspecified atom stereocenters. The van der Waals surface area contributed by atoms with Gasteiger partial charge in [-0.2, -0.15) is 5.10 Å². The molecule has 0 saturated heterocycles. The van der Waals surface area contributed by atoms with Crippen molar-refractivity contribution in [3.05, 3.63) is 30.0 Å².